The molecule has 96 valence electrons. The molecule has 0 aliphatic heterocycles. The zero-order chi connectivity index (χ0) is 13.1. The van der Waals surface area contributed by atoms with Crippen molar-refractivity contribution < 1.29 is 14.4 Å². The number of nitrogens with zero attached hydrogens (tertiary/aromatic N) is 2. The molecule has 6 heteroatoms. The van der Waals surface area contributed by atoms with Crippen molar-refractivity contribution in [2.75, 3.05) is 7.11 Å². The third-order valence-electron chi connectivity index (χ3n) is 2.59. The quantitative estimate of drug-likeness (QED) is 0.843. The standard InChI is InChI=1S/C12H15N3O3/c1-7(16)10(13)12-14-11(15-18-12)8-5-3-4-6-9(8)17-2/h3-7,10,16H,13H2,1-2H3/t7-,10+/m1/s1. The van der Waals surface area contributed by atoms with Gasteiger partial charge in [-0.05, 0) is 19.1 Å². The average Bonchev–Trinajstić information content (AvgIpc) is 2.87. The minimum absolute atomic E-state index is 0.200. The number of aromatic nitrogens is 2. The van der Waals surface area contributed by atoms with Gasteiger partial charge in [0.2, 0.25) is 11.7 Å². The van der Waals surface area contributed by atoms with Crippen LogP contribution in [0.5, 0.6) is 5.75 Å². The van der Waals surface area contributed by atoms with Crippen LogP contribution in [0.4, 0.5) is 0 Å². The van der Waals surface area contributed by atoms with E-state index in [1.54, 1.807) is 20.1 Å². The summed E-state index contributed by atoms with van der Waals surface area (Å²) in [5.41, 5.74) is 6.44. The fourth-order valence-electron chi connectivity index (χ4n) is 1.52. The molecule has 0 saturated heterocycles. The third kappa shape index (κ3) is 2.34. The van der Waals surface area contributed by atoms with Crippen LogP contribution < -0.4 is 10.5 Å². The van der Waals surface area contributed by atoms with Gasteiger partial charge in [0.1, 0.15) is 11.8 Å². The Morgan fingerprint density at radius 1 is 1.39 bits per heavy atom. The minimum Gasteiger partial charge on any atom is -0.496 e. The van der Waals surface area contributed by atoms with Gasteiger partial charge in [0, 0.05) is 0 Å². The van der Waals surface area contributed by atoms with E-state index in [-0.39, 0.29) is 5.89 Å². The lowest BCUT2D eigenvalue weighted by atomic mass is 10.2. The zero-order valence-corrected chi connectivity index (χ0v) is 10.2. The summed E-state index contributed by atoms with van der Waals surface area (Å²) >= 11 is 0. The van der Waals surface area contributed by atoms with Crippen molar-refractivity contribution in [3.05, 3.63) is 30.2 Å². The number of rotatable bonds is 4. The lowest BCUT2D eigenvalue weighted by molar-refractivity contribution is 0.146. The number of aliphatic hydroxyl groups is 1. The summed E-state index contributed by atoms with van der Waals surface area (Å²) in [6.45, 7) is 1.57. The minimum atomic E-state index is -0.754. The zero-order valence-electron chi connectivity index (χ0n) is 10.2. The van der Waals surface area contributed by atoms with Crippen molar-refractivity contribution in [1.82, 2.24) is 10.1 Å². The highest BCUT2D eigenvalue weighted by Gasteiger charge is 2.20. The van der Waals surface area contributed by atoms with Crippen LogP contribution >= 0.6 is 0 Å². The number of hydrogen-bond donors (Lipinski definition) is 2. The molecule has 0 fully saturated rings. The predicted octanol–water partition coefficient (Wildman–Crippen LogP) is 1.13. The molecular formula is C12H15N3O3. The van der Waals surface area contributed by atoms with Crippen LogP contribution in [0.25, 0.3) is 11.4 Å². The van der Waals surface area contributed by atoms with Crippen LogP contribution in [0.3, 0.4) is 0 Å². The van der Waals surface area contributed by atoms with E-state index in [1.165, 1.54) is 0 Å². The van der Waals surface area contributed by atoms with E-state index in [1.807, 2.05) is 18.2 Å². The van der Waals surface area contributed by atoms with Gasteiger partial charge in [-0.2, -0.15) is 4.98 Å². The van der Waals surface area contributed by atoms with Gasteiger partial charge < -0.3 is 20.1 Å². The van der Waals surface area contributed by atoms with Crippen LogP contribution in [0, 0.1) is 0 Å². The van der Waals surface area contributed by atoms with Gasteiger partial charge in [-0.25, -0.2) is 0 Å². The Kier molecular flexibility index (Phi) is 3.59. The van der Waals surface area contributed by atoms with E-state index in [4.69, 9.17) is 15.0 Å². The van der Waals surface area contributed by atoms with Gasteiger partial charge in [-0.1, -0.05) is 17.3 Å². The topological polar surface area (TPSA) is 94.4 Å². The van der Waals surface area contributed by atoms with Gasteiger partial charge in [0.15, 0.2) is 0 Å². The smallest absolute Gasteiger partial charge is 0.246 e. The van der Waals surface area contributed by atoms with E-state index >= 15 is 0 Å². The molecule has 2 rings (SSSR count). The molecule has 18 heavy (non-hydrogen) atoms. The van der Waals surface area contributed by atoms with Crippen molar-refractivity contribution in [3.63, 3.8) is 0 Å². The van der Waals surface area contributed by atoms with E-state index in [0.717, 1.165) is 0 Å². The molecule has 0 spiro atoms. The summed E-state index contributed by atoms with van der Waals surface area (Å²) < 4.78 is 10.3. The fraction of sp³-hybridized carbons (Fsp3) is 0.333. The first-order valence-corrected chi connectivity index (χ1v) is 5.54. The van der Waals surface area contributed by atoms with Gasteiger partial charge in [-0.3, -0.25) is 0 Å². The lowest BCUT2D eigenvalue weighted by Crippen LogP contribution is -2.23. The molecule has 6 nitrogen and oxygen atoms in total. The first kappa shape index (κ1) is 12.5. The summed E-state index contributed by atoms with van der Waals surface area (Å²) in [5.74, 6) is 1.24. The summed E-state index contributed by atoms with van der Waals surface area (Å²) in [4.78, 5) is 4.17. The van der Waals surface area contributed by atoms with Crippen molar-refractivity contribution in [2.45, 2.75) is 19.1 Å². The molecule has 0 aliphatic carbocycles. The van der Waals surface area contributed by atoms with Crippen LogP contribution in [-0.4, -0.2) is 28.5 Å². The molecule has 2 atom stereocenters. The van der Waals surface area contributed by atoms with Crippen molar-refractivity contribution in [3.8, 4) is 17.1 Å². The number of hydrogen-bond acceptors (Lipinski definition) is 6. The molecule has 0 amide bonds. The summed E-state index contributed by atoms with van der Waals surface area (Å²) in [6, 6.07) is 6.63. The Bertz CT molecular complexity index is 525. The normalized spacial score (nSPS) is 14.2. The SMILES string of the molecule is COc1ccccc1-c1noc([C@@H](N)[C@@H](C)O)n1. The van der Waals surface area contributed by atoms with E-state index in [2.05, 4.69) is 10.1 Å². The van der Waals surface area contributed by atoms with Crippen LogP contribution in [0.1, 0.15) is 18.9 Å². The number of aliphatic hydroxyl groups excluding tert-OH is 1. The maximum atomic E-state index is 9.38. The number of nitrogens with two attached hydrogens (primary N) is 1. The highest BCUT2D eigenvalue weighted by atomic mass is 16.5. The molecule has 0 radical (unpaired) electrons. The summed E-state index contributed by atoms with van der Waals surface area (Å²) in [6.07, 6.45) is -0.754. The Hall–Kier alpha value is -1.92. The molecule has 1 aromatic heterocycles. The third-order valence-corrected chi connectivity index (χ3v) is 2.59. The highest BCUT2D eigenvalue weighted by Crippen LogP contribution is 2.27. The second kappa shape index (κ2) is 5.16. The Morgan fingerprint density at radius 3 is 2.78 bits per heavy atom. The molecule has 1 aromatic carbocycles. The second-order valence-corrected chi connectivity index (χ2v) is 3.92. The maximum Gasteiger partial charge on any atom is 0.246 e. The molecule has 1 heterocycles. The Labute approximate surface area is 104 Å². The van der Waals surface area contributed by atoms with Crippen LogP contribution in [-0.2, 0) is 0 Å². The van der Waals surface area contributed by atoms with E-state index < -0.39 is 12.1 Å². The summed E-state index contributed by atoms with van der Waals surface area (Å²) in [5, 5.41) is 13.2. The first-order chi connectivity index (χ1) is 8.63. The predicted molar refractivity (Wildman–Crippen MR) is 64.9 cm³/mol. The van der Waals surface area contributed by atoms with Crippen molar-refractivity contribution >= 4 is 0 Å². The lowest BCUT2D eigenvalue weighted by Gasteiger charge is -2.08. The highest BCUT2D eigenvalue weighted by molar-refractivity contribution is 5.63. The first-order valence-electron chi connectivity index (χ1n) is 5.54. The molecular weight excluding hydrogens is 234 g/mol. The van der Waals surface area contributed by atoms with Gasteiger partial charge in [0.05, 0.1) is 18.8 Å². The number of methoxy groups -OCH3 is 1. The molecule has 0 unspecified atom stereocenters. The van der Waals surface area contributed by atoms with Gasteiger partial charge in [0.25, 0.3) is 0 Å². The van der Waals surface area contributed by atoms with Crippen molar-refractivity contribution in [1.29, 1.82) is 0 Å². The molecule has 0 saturated carbocycles. The Morgan fingerprint density at radius 2 is 2.11 bits per heavy atom. The summed E-state index contributed by atoms with van der Waals surface area (Å²) in [7, 11) is 1.57. The van der Waals surface area contributed by atoms with Crippen LogP contribution in [0.2, 0.25) is 0 Å². The monoisotopic (exact) mass is 249 g/mol. The Balaban J connectivity index is 2.35. The van der Waals surface area contributed by atoms with E-state index in [9.17, 15) is 5.11 Å². The molecule has 0 aliphatic rings. The van der Waals surface area contributed by atoms with E-state index in [0.29, 0.717) is 17.1 Å². The molecule has 2 aromatic rings. The van der Waals surface area contributed by atoms with Gasteiger partial charge in [-0.15, -0.1) is 0 Å². The second-order valence-electron chi connectivity index (χ2n) is 3.92. The molecule has 0 bridgehead atoms. The fourth-order valence-corrected chi connectivity index (χ4v) is 1.52. The maximum absolute atomic E-state index is 9.38. The number of ether oxygens (including phenoxy) is 1. The van der Waals surface area contributed by atoms with Gasteiger partial charge >= 0.3 is 0 Å². The number of para-hydroxylation sites is 1. The number of benzene rings is 1. The van der Waals surface area contributed by atoms with Crippen molar-refractivity contribution in [2.24, 2.45) is 5.73 Å². The van der Waals surface area contributed by atoms with Crippen LogP contribution in [0.15, 0.2) is 28.8 Å². The average molecular weight is 249 g/mol. The largest absolute Gasteiger partial charge is 0.496 e. The molecule has 3 N–H and O–H groups in total.